The molecule has 1 aliphatic heterocycles. The summed E-state index contributed by atoms with van der Waals surface area (Å²) in [6, 6.07) is 0. The van der Waals surface area contributed by atoms with Gasteiger partial charge < -0.3 is 4.98 Å². The number of aliphatic hydroxyl groups excluding tert-OH is 3. The van der Waals surface area contributed by atoms with E-state index < -0.39 is 31.1 Å². The van der Waals surface area contributed by atoms with E-state index in [1.54, 1.807) is 24.4 Å². The molecule has 5 heterocycles. The molecule has 1 saturated heterocycles. The van der Waals surface area contributed by atoms with Crippen LogP contribution in [0.15, 0.2) is 24.0 Å². The zero-order chi connectivity index (χ0) is 23.5. The maximum atomic E-state index is 10.0. The molecule has 0 aromatic carbocycles. The number of fused-ring (bicyclic) bond motifs is 2. The monoisotopic (exact) mass is 540 g/mol. The molecule has 13 nitrogen and oxygen atoms in total. The zero-order valence-electron chi connectivity index (χ0n) is 17.4. The van der Waals surface area contributed by atoms with Crippen molar-refractivity contribution in [1.82, 2.24) is 39.5 Å². The molecule has 0 saturated carbocycles. The number of rotatable bonds is 5. The summed E-state index contributed by atoms with van der Waals surface area (Å²) in [6.45, 7) is 1.75. The fourth-order valence-electron chi connectivity index (χ4n) is 3.25. The number of hydrogen-bond acceptors (Lipinski definition) is 12. The van der Waals surface area contributed by atoms with Crippen molar-refractivity contribution in [3.05, 3.63) is 19.0 Å². The normalized spacial score (nSPS) is 22.5. The van der Waals surface area contributed by atoms with E-state index in [1.807, 2.05) is 0 Å². The van der Waals surface area contributed by atoms with Gasteiger partial charge in [0.15, 0.2) is 5.65 Å². The number of H-pyrrole nitrogens is 1. The van der Waals surface area contributed by atoms with Crippen molar-refractivity contribution in [3.63, 3.8) is 0 Å². The third-order valence-corrected chi connectivity index (χ3v) is 6.62. The van der Waals surface area contributed by atoms with Crippen LogP contribution in [0.2, 0.25) is 0 Å². The summed E-state index contributed by atoms with van der Waals surface area (Å²) < 4.78 is 7.37. The minimum absolute atomic E-state index is 0.0553. The molecule has 15 heteroatoms. The summed E-state index contributed by atoms with van der Waals surface area (Å²) in [7, 11) is 0. The number of aromatic nitrogens is 8. The van der Waals surface area contributed by atoms with E-state index in [0.29, 0.717) is 15.8 Å². The van der Waals surface area contributed by atoms with E-state index in [2.05, 4.69) is 57.8 Å². The molecular weight excluding hydrogens is 517 g/mol. The fraction of sp³-hybridized carbons (Fsp3) is 0.444. The molecule has 0 amide bonds. The van der Waals surface area contributed by atoms with Crippen LogP contribution in [0.25, 0.3) is 22.3 Å². The van der Waals surface area contributed by atoms with Crippen molar-refractivity contribution in [2.75, 3.05) is 18.1 Å². The molecule has 0 spiro atoms. The molecule has 6 N–H and O–H groups in total. The van der Waals surface area contributed by atoms with E-state index in [-0.39, 0.29) is 5.95 Å². The average molecular weight is 539 g/mol. The number of aromatic amines is 1. The molecule has 1 radical (unpaired) electrons. The number of aliphatic hydroxyl groups is 3. The van der Waals surface area contributed by atoms with Gasteiger partial charge in [0, 0.05) is 0 Å². The van der Waals surface area contributed by atoms with Crippen LogP contribution >= 0.6 is 11.8 Å². The second-order valence-corrected chi connectivity index (χ2v) is 8.96. The third-order valence-electron chi connectivity index (χ3n) is 4.83. The van der Waals surface area contributed by atoms with Crippen LogP contribution in [-0.4, -0.2) is 101 Å². The van der Waals surface area contributed by atoms with Crippen LogP contribution in [0.1, 0.15) is 19.6 Å². The number of thioether (sulfide) groups is 1. The molecule has 4 atom stereocenters. The van der Waals surface area contributed by atoms with Crippen molar-refractivity contribution in [3.8, 4) is 0 Å². The quantitative estimate of drug-likeness (QED) is 0.114. The SMILES string of the molecule is CCCSc1ncnc2nc[nH]c12.Nc1nc([Se])c2ncn([C@@H]3O[C@H](CO)[C@@H](O)[C@H]3O)c2n1. The zero-order valence-corrected chi connectivity index (χ0v) is 20.0. The summed E-state index contributed by atoms with van der Waals surface area (Å²) in [6.07, 6.45) is 1.61. The van der Waals surface area contributed by atoms with Gasteiger partial charge in [-0.2, -0.15) is 0 Å². The van der Waals surface area contributed by atoms with Gasteiger partial charge in [-0.25, -0.2) is 15.0 Å². The Hall–Kier alpha value is -2.39. The molecule has 4 aromatic rings. The molecule has 0 aliphatic carbocycles. The number of ether oxygens (including phenoxy) is 1. The van der Waals surface area contributed by atoms with Gasteiger partial charge in [0.25, 0.3) is 0 Å². The molecule has 1 aliphatic rings. The molecular formula is C18H22N9O4SSe. The number of nitrogens with one attached hydrogen (secondary N) is 1. The molecule has 4 aromatic heterocycles. The van der Waals surface area contributed by atoms with E-state index in [9.17, 15) is 10.2 Å². The predicted molar refractivity (Wildman–Crippen MR) is 121 cm³/mol. The maximum absolute atomic E-state index is 10.0. The Balaban J connectivity index is 0.000000172. The van der Waals surface area contributed by atoms with Crippen molar-refractivity contribution >= 4 is 60.6 Å². The molecule has 5 rings (SSSR count). The van der Waals surface area contributed by atoms with E-state index in [4.69, 9.17) is 15.6 Å². The standard InChI is InChI=1S/C10H12N5O4Se.C8H10N4S/c11-10-13-7-4(8(20)14-10)12-2-15(7)9-6(18)5(17)3(1-16)19-9;1-2-3-13-8-6-7(10-4-9-6)11-5-12-8/h2-3,5-6,9,16-18H,1H2,(H2,11,13,14);4-5H,2-3H2,1H3,(H,9,10,11,12)/t3-,5-,6-,9-;/m1./s1. The van der Waals surface area contributed by atoms with Gasteiger partial charge >= 0.3 is 121 Å². The topological polar surface area (TPSA) is 194 Å². The van der Waals surface area contributed by atoms with Crippen molar-refractivity contribution in [1.29, 1.82) is 0 Å². The van der Waals surface area contributed by atoms with Gasteiger partial charge in [-0.1, -0.05) is 6.92 Å². The number of nitrogen functional groups attached to an aromatic ring is 1. The van der Waals surface area contributed by atoms with Gasteiger partial charge in [-0.05, 0) is 12.2 Å². The molecule has 0 bridgehead atoms. The Bertz CT molecular complexity index is 1240. The minimum atomic E-state index is -1.20. The van der Waals surface area contributed by atoms with Gasteiger partial charge in [0.05, 0.1) is 6.33 Å². The van der Waals surface area contributed by atoms with Crippen LogP contribution in [0.5, 0.6) is 0 Å². The van der Waals surface area contributed by atoms with Crippen LogP contribution in [0.3, 0.4) is 0 Å². The summed E-state index contributed by atoms with van der Waals surface area (Å²) in [5.74, 6) is 1.13. The molecule has 0 unspecified atom stereocenters. The first-order valence-corrected chi connectivity index (χ1v) is 11.8. The molecule has 1 fully saturated rings. The number of nitrogens with two attached hydrogens (primary N) is 1. The Labute approximate surface area is 200 Å². The second-order valence-electron chi connectivity index (χ2n) is 7.07. The Kier molecular flexibility index (Phi) is 7.38. The first-order valence-electron chi connectivity index (χ1n) is 10.0. The second kappa shape index (κ2) is 10.3. The summed E-state index contributed by atoms with van der Waals surface area (Å²) in [5.41, 5.74) is 8.14. The molecule has 175 valence electrons. The van der Waals surface area contributed by atoms with Gasteiger partial charge in [0.1, 0.15) is 16.9 Å². The van der Waals surface area contributed by atoms with E-state index >= 15 is 0 Å². The summed E-state index contributed by atoms with van der Waals surface area (Å²) in [5, 5.41) is 29.9. The summed E-state index contributed by atoms with van der Waals surface area (Å²) >= 11 is 4.46. The van der Waals surface area contributed by atoms with Crippen LogP contribution in [0.4, 0.5) is 5.95 Å². The Morgan fingerprint density at radius 2 is 2.03 bits per heavy atom. The van der Waals surface area contributed by atoms with Crippen LogP contribution in [-0.2, 0) is 4.74 Å². The van der Waals surface area contributed by atoms with E-state index in [1.165, 1.54) is 10.9 Å². The number of nitrogens with zero attached hydrogens (tertiary/aromatic N) is 7. The van der Waals surface area contributed by atoms with Gasteiger partial charge in [0.2, 0.25) is 0 Å². The number of hydrogen-bond donors (Lipinski definition) is 5. The van der Waals surface area contributed by atoms with Crippen molar-refractivity contribution in [2.45, 2.75) is 42.9 Å². The van der Waals surface area contributed by atoms with Crippen molar-refractivity contribution in [2.24, 2.45) is 0 Å². The average Bonchev–Trinajstić information content (AvgIpc) is 3.51. The molecule has 33 heavy (non-hydrogen) atoms. The Morgan fingerprint density at radius 1 is 1.21 bits per heavy atom. The van der Waals surface area contributed by atoms with Crippen molar-refractivity contribution < 1.29 is 20.1 Å². The first kappa shape index (κ1) is 23.8. The van der Waals surface area contributed by atoms with E-state index in [0.717, 1.165) is 28.4 Å². The number of anilines is 1. The third kappa shape index (κ3) is 4.79. The van der Waals surface area contributed by atoms with Crippen LogP contribution in [0, 0.1) is 0 Å². The van der Waals surface area contributed by atoms with Gasteiger partial charge in [-0.3, -0.25) is 0 Å². The Morgan fingerprint density at radius 3 is 2.76 bits per heavy atom. The first-order chi connectivity index (χ1) is 15.9. The van der Waals surface area contributed by atoms with Gasteiger partial charge in [-0.15, -0.1) is 11.8 Å². The van der Waals surface area contributed by atoms with Crippen LogP contribution < -0.4 is 10.3 Å². The number of imidazole rings is 2. The predicted octanol–water partition coefficient (Wildman–Crippen LogP) is -1.33. The fourth-order valence-corrected chi connectivity index (χ4v) is 4.57. The summed E-state index contributed by atoms with van der Waals surface area (Å²) in [4.78, 5) is 27.5.